The molecule has 0 radical (unpaired) electrons. The molecule has 0 aliphatic carbocycles. The third-order valence-electron chi connectivity index (χ3n) is 6.30. The van der Waals surface area contributed by atoms with Gasteiger partial charge in [-0.1, -0.05) is 36.4 Å². The minimum Gasteiger partial charge on any atom is -0.508 e. The van der Waals surface area contributed by atoms with E-state index in [2.05, 4.69) is 0 Å². The van der Waals surface area contributed by atoms with Gasteiger partial charge >= 0.3 is 0 Å². The Morgan fingerprint density at radius 3 is 2.39 bits per heavy atom. The van der Waals surface area contributed by atoms with E-state index >= 15 is 0 Å². The fraction of sp³-hybridized carbons (Fsp3) is 0.241. The van der Waals surface area contributed by atoms with Crippen LogP contribution in [0.4, 0.5) is 0 Å². The quantitative estimate of drug-likeness (QED) is 0.281. The number of likely N-dealkylation sites (N-methyl/N-ethyl adjacent to an activating group) is 1. The lowest BCUT2D eigenvalue weighted by Crippen LogP contribution is -2.35. The van der Waals surface area contributed by atoms with Gasteiger partial charge in [-0.3, -0.25) is 9.59 Å². The van der Waals surface area contributed by atoms with Crippen LogP contribution in [-0.4, -0.2) is 58.9 Å². The summed E-state index contributed by atoms with van der Waals surface area (Å²) in [5.41, 5.74) is 3.16. The highest BCUT2D eigenvalue weighted by Crippen LogP contribution is 2.40. The van der Waals surface area contributed by atoms with Gasteiger partial charge in [0, 0.05) is 18.7 Å². The molecule has 1 amide bonds. The third kappa shape index (κ3) is 5.26. The Morgan fingerprint density at radius 1 is 1.00 bits per heavy atom. The van der Waals surface area contributed by atoms with Gasteiger partial charge in [-0.05, 0) is 74.1 Å². The zero-order valence-electron chi connectivity index (χ0n) is 20.6. The molecule has 3 aromatic rings. The summed E-state index contributed by atoms with van der Waals surface area (Å²) in [6.07, 6.45) is 0. The summed E-state index contributed by atoms with van der Waals surface area (Å²) in [6, 6.07) is 20.3. The number of phenols is 1. The van der Waals surface area contributed by atoms with Crippen molar-refractivity contribution in [3.8, 4) is 11.5 Å². The number of aliphatic hydroxyl groups excluding tert-OH is 1. The van der Waals surface area contributed by atoms with Crippen molar-refractivity contribution in [1.29, 1.82) is 0 Å². The highest BCUT2D eigenvalue weighted by molar-refractivity contribution is 6.46. The monoisotopic (exact) mass is 486 g/mol. The fourth-order valence-corrected chi connectivity index (χ4v) is 4.26. The normalized spacial score (nSPS) is 17.1. The van der Waals surface area contributed by atoms with Crippen molar-refractivity contribution in [1.82, 2.24) is 9.80 Å². The Bertz CT molecular complexity index is 1300. The van der Waals surface area contributed by atoms with Crippen LogP contribution >= 0.6 is 0 Å². The Labute approximate surface area is 210 Å². The van der Waals surface area contributed by atoms with E-state index in [9.17, 15) is 19.8 Å². The second-order valence-corrected chi connectivity index (χ2v) is 9.13. The summed E-state index contributed by atoms with van der Waals surface area (Å²) >= 11 is 0. The maximum atomic E-state index is 13.1. The van der Waals surface area contributed by atoms with E-state index in [0.29, 0.717) is 36.6 Å². The summed E-state index contributed by atoms with van der Waals surface area (Å²) in [4.78, 5) is 29.4. The number of ether oxygens (including phenoxy) is 1. The minimum absolute atomic E-state index is 0.00191. The summed E-state index contributed by atoms with van der Waals surface area (Å²) in [6.45, 7) is 3.26. The number of aliphatic hydroxyl groups is 1. The first-order valence-electron chi connectivity index (χ1n) is 11.8. The molecule has 4 rings (SSSR count). The molecule has 36 heavy (non-hydrogen) atoms. The number of likely N-dealkylation sites (tertiary alicyclic amines) is 1. The van der Waals surface area contributed by atoms with Crippen LogP contribution in [0.3, 0.4) is 0 Å². The minimum atomic E-state index is -0.811. The first-order valence-corrected chi connectivity index (χ1v) is 11.8. The van der Waals surface area contributed by atoms with E-state index < -0.39 is 17.7 Å². The van der Waals surface area contributed by atoms with Crippen LogP contribution in [0.2, 0.25) is 0 Å². The van der Waals surface area contributed by atoms with Gasteiger partial charge in [0.25, 0.3) is 11.7 Å². The molecule has 3 aromatic carbocycles. The molecule has 0 aromatic heterocycles. The van der Waals surface area contributed by atoms with Crippen LogP contribution in [0.1, 0.15) is 28.3 Å². The molecule has 1 unspecified atom stereocenters. The molecule has 1 saturated heterocycles. The van der Waals surface area contributed by atoms with Gasteiger partial charge in [0.15, 0.2) is 0 Å². The summed E-state index contributed by atoms with van der Waals surface area (Å²) < 4.78 is 5.89. The molecule has 0 bridgehead atoms. The first-order chi connectivity index (χ1) is 17.3. The average Bonchev–Trinajstić information content (AvgIpc) is 3.12. The molecule has 0 saturated carbocycles. The zero-order chi connectivity index (χ0) is 25.8. The molecule has 1 aliphatic rings. The van der Waals surface area contributed by atoms with Crippen LogP contribution in [-0.2, 0) is 16.2 Å². The van der Waals surface area contributed by atoms with Gasteiger partial charge in [-0.25, -0.2) is 0 Å². The third-order valence-corrected chi connectivity index (χ3v) is 6.30. The Balaban J connectivity index is 1.65. The maximum absolute atomic E-state index is 13.1. The van der Waals surface area contributed by atoms with Gasteiger partial charge < -0.3 is 24.7 Å². The number of hydrogen-bond donors (Lipinski definition) is 2. The molecule has 186 valence electrons. The highest BCUT2D eigenvalue weighted by atomic mass is 16.5. The first kappa shape index (κ1) is 25.0. The Hall–Kier alpha value is -4.10. The topological polar surface area (TPSA) is 90.3 Å². The summed E-state index contributed by atoms with van der Waals surface area (Å²) in [7, 11) is 3.76. The molecule has 7 nitrogen and oxygen atoms in total. The van der Waals surface area contributed by atoms with Crippen LogP contribution < -0.4 is 4.74 Å². The number of aryl methyl sites for hydroxylation is 1. The molecule has 1 fully saturated rings. The molecule has 1 heterocycles. The number of rotatable bonds is 8. The second kappa shape index (κ2) is 10.7. The standard InChI is InChI=1S/C29H30N2O5/c1-19-7-4-5-8-22(19)18-36-24-13-11-20(12-14-24)27(33)25-26(21-9-6-10-23(32)17-21)31(16-15-30(2)3)29(35)28(25)34/h4-14,17,26,32-33H,15-16,18H2,1-3H3/b27-25-. The number of ketones is 1. The number of aromatic hydroxyl groups is 1. The van der Waals surface area contributed by atoms with Gasteiger partial charge in [0.05, 0.1) is 11.6 Å². The molecule has 1 atom stereocenters. The van der Waals surface area contributed by atoms with Gasteiger partial charge in [-0.15, -0.1) is 0 Å². The zero-order valence-corrected chi connectivity index (χ0v) is 20.6. The van der Waals surface area contributed by atoms with Crippen molar-refractivity contribution in [2.24, 2.45) is 0 Å². The Morgan fingerprint density at radius 2 is 1.72 bits per heavy atom. The van der Waals surface area contributed by atoms with Crippen molar-refractivity contribution < 1.29 is 24.5 Å². The molecular weight excluding hydrogens is 456 g/mol. The molecule has 1 aliphatic heterocycles. The number of amides is 1. The summed E-state index contributed by atoms with van der Waals surface area (Å²) in [5, 5.41) is 21.2. The van der Waals surface area contributed by atoms with E-state index in [1.54, 1.807) is 36.4 Å². The van der Waals surface area contributed by atoms with Crippen LogP contribution in [0.25, 0.3) is 5.76 Å². The van der Waals surface area contributed by atoms with Gasteiger partial charge in [0.1, 0.15) is 23.9 Å². The predicted molar refractivity (Wildman–Crippen MR) is 138 cm³/mol. The summed E-state index contributed by atoms with van der Waals surface area (Å²) in [5.74, 6) is -1.06. The molecule has 0 spiro atoms. The van der Waals surface area contributed by atoms with Crippen LogP contribution in [0.5, 0.6) is 11.5 Å². The number of carbonyl (C=O) groups is 2. The maximum Gasteiger partial charge on any atom is 0.295 e. The van der Waals surface area contributed by atoms with E-state index in [4.69, 9.17) is 4.74 Å². The van der Waals surface area contributed by atoms with E-state index in [-0.39, 0.29) is 17.1 Å². The van der Waals surface area contributed by atoms with Crippen molar-refractivity contribution in [3.63, 3.8) is 0 Å². The van der Waals surface area contributed by atoms with E-state index in [1.165, 1.54) is 17.0 Å². The lowest BCUT2D eigenvalue weighted by Gasteiger charge is -2.26. The number of phenolic OH excluding ortho intramolecular Hbond substituents is 1. The largest absolute Gasteiger partial charge is 0.508 e. The number of carbonyl (C=O) groups excluding carboxylic acids is 2. The van der Waals surface area contributed by atoms with E-state index in [0.717, 1.165) is 11.1 Å². The van der Waals surface area contributed by atoms with Crippen LogP contribution in [0, 0.1) is 6.92 Å². The van der Waals surface area contributed by atoms with Crippen molar-refractivity contribution in [2.45, 2.75) is 19.6 Å². The number of nitrogens with zero attached hydrogens (tertiary/aromatic N) is 2. The Kier molecular flexibility index (Phi) is 7.41. The number of benzene rings is 3. The predicted octanol–water partition coefficient (Wildman–Crippen LogP) is 4.26. The van der Waals surface area contributed by atoms with Gasteiger partial charge in [-0.2, -0.15) is 0 Å². The molecular formula is C29H30N2O5. The van der Waals surface area contributed by atoms with Crippen molar-refractivity contribution >= 4 is 17.4 Å². The number of hydrogen-bond acceptors (Lipinski definition) is 6. The SMILES string of the molecule is Cc1ccccc1COc1ccc(/C(O)=C2/C(=O)C(=O)N(CCN(C)C)C2c2cccc(O)c2)cc1. The van der Waals surface area contributed by atoms with Crippen molar-refractivity contribution in [2.75, 3.05) is 27.2 Å². The highest BCUT2D eigenvalue weighted by Gasteiger charge is 2.46. The fourth-order valence-electron chi connectivity index (χ4n) is 4.26. The second-order valence-electron chi connectivity index (χ2n) is 9.13. The smallest absolute Gasteiger partial charge is 0.295 e. The molecule has 7 heteroatoms. The molecule has 2 N–H and O–H groups in total. The van der Waals surface area contributed by atoms with Crippen LogP contribution in [0.15, 0.2) is 78.4 Å². The average molecular weight is 487 g/mol. The number of Topliss-reactive ketones (excluding diaryl/α,β-unsaturated/α-hetero) is 1. The lowest BCUT2D eigenvalue weighted by atomic mass is 9.95. The van der Waals surface area contributed by atoms with Gasteiger partial charge in [0.2, 0.25) is 0 Å². The van der Waals surface area contributed by atoms with E-state index in [1.807, 2.05) is 50.2 Å². The van der Waals surface area contributed by atoms with Crippen molar-refractivity contribution in [3.05, 3.63) is 101 Å². The lowest BCUT2D eigenvalue weighted by molar-refractivity contribution is -0.140.